The van der Waals surface area contributed by atoms with Crippen LogP contribution in [0.3, 0.4) is 0 Å². The first-order valence-electron chi connectivity index (χ1n) is 8.48. The van der Waals surface area contributed by atoms with E-state index >= 15 is 0 Å². The molecule has 0 N–H and O–H groups in total. The van der Waals surface area contributed by atoms with Gasteiger partial charge in [-0.1, -0.05) is 0 Å². The molecule has 1 heterocycles. The average Bonchev–Trinajstić information content (AvgIpc) is 2.56. The van der Waals surface area contributed by atoms with E-state index in [1.54, 1.807) is 0 Å². The molecule has 0 aromatic carbocycles. The predicted molar refractivity (Wildman–Crippen MR) is 88.6 cm³/mol. The average molecular weight is 422 g/mol. The molecule has 1 fully saturated rings. The van der Waals surface area contributed by atoms with Gasteiger partial charge in [0.05, 0.1) is 0 Å². The molecule has 29 heavy (non-hydrogen) atoms. The molecule has 0 bridgehead atoms. The Balaban J connectivity index is 3.48. The smallest absolute Gasteiger partial charge is 0.303 e. The summed E-state index contributed by atoms with van der Waals surface area (Å²) in [5.41, 5.74) is -2.08. The summed E-state index contributed by atoms with van der Waals surface area (Å²) in [4.78, 5) is 57.3. The largest absolute Gasteiger partial charge is 0.462 e. The van der Waals surface area contributed by atoms with Crippen molar-refractivity contribution in [3.63, 3.8) is 0 Å². The number of esters is 5. The van der Waals surface area contributed by atoms with Gasteiger partial charge in [0.1, 0.15) is 13.2 Å². The van der Waals surface area contributed by atoms with Gasteiger partial charge in [-0.2, -0.15) is 0 Å². The Morgan fingerprint density at radius 2 is 1.14 bits per heavy atom. The van der Waals surface area contributed by atoms with Crippen molar-refractivity contribution in [2.24, 2.45) is 0 Å². The van der Waals surface area contributed by atoms with Crippen molar-refractivity contribution in [2.75, 3.05) is 13.2 Å². The van der Waals surface area contributed by atoms with Crippen molar-refractivity contribution < 1.29 is 56.8 Å². The molecule has 1 aliphatic heterocycles. The second kappa shape index (κ2) is 10.1. The molecule has 0 unspecified atom stereocenters. The third-order valence-electron chi connectivity index (χ3n) is 3.68. The number of rotatable bonds is 7. The van der Waals surface area contributed by atoms with E-state index in [4.69, 9.17) is 28.4 Å². The van der Waals surface area contributed by atoms with Crippen LogP contribution in [0.25, 0.3) is 0 Å². The van der Waals surface area contributed by atoms with Crippen molar-refractivity contribution in [2.45, 2.75) is 64.9 Å². The van der Waals surface area contributed by atoms with Crippen LogP contribution in [0, 0.1) is 0 Å². The number of carbonyl (C=O) groups is 5. The van der Waals surface area contributed by atoms with Gasteiger partial charge in [-0.25, -0.2) is 4.39 Å². The zero-order chi connectivity index (χ0) is 22.4. The topological polar surface area (TPSA) is 141 Å². The highest BCUT2D eigenvalue weighted by Gasteiger charge is 2.61. The predicted octanol–water partition coefficient (Wildman–Crippen LogP) is -0.0277. The normalized spacial score (nSPS) is 25.3. The first kappa shape index (κ1) is 24.3. The number of alkyl halides is 1. The summed E-state index contributed by atoms with van der Waals surface area (Å²) in [6, 6.07) is 0. The molecule has 0 spiro atoms. The fraction of sp³-hybridized carbons (Fsp3) is 0.706. The Labute approximate surface area is 165 Å². The van der Waals surface area contributed by atoms with Crippen LogP contribution in [-0.4, -0.2) is 73.3 Å². The van der Waals surface area contributed by atoms with E-state index in [0.717, 1.165) is 34.6 Å². The summed E-state index contributed by atoms with van der Waals surface area (Å²) < 4.78 is 44.9. The van der Waals surface area contributed by atoms with Crippen LogP contribution in [0.2, 0.25) is 0 Å². The summed E-state index contributed by atoms with van der Waals surface area (Å²) in [5.74, 6) is -4.32. The van der Waals surface area contributed by atoms with E-state index in [0.29, 0.717) is 0 Å². The Kier molecular flexibility index (Phi) is 8.49. The van der Waals surface area contributed by atoms with Crippen molar-refractivity contribution in [3.8, 4) is 0 Å². The summed E-state index contributed by atoms with van der Waals surface area (Å²) in [5, 5.41) is 0. The highest BCUT2D eigenvalue weighted by atomic mass is 19.1. The third-order valence-corrected chi connectivity index (χ3v) is 3.68. The maximum atomic E-state index is 14.9. The van der Waals surface area contributed by atoms with Gasteiger partial charge in [0.2, 0.25) is 6.36 Å². The number of carbonyl (C=O) groups excluding carboxylic acids is 5. The van der Waals surface area contributed by atoms with Crippen LogP contribution in [0.4, 0.5) is 4.39 Å². The standard InChI is InChI=1S/C17H23FO11/c1-8(19)24-6-17(7-25-9(2)20)15(28-12(5)23)13(26-10(3)21)14(16(18)29-17)27-11(4)22/h13-16H,6-7H2,1-5H3/t13-,14-,15-,16+/m1/s1. The first-order valence-corrected chi connectivity index (χ1v) is 8.48. The van der Waals surface area contributed by atoms with Crippen molar-refractivity contribution >= 4 is 29.8 Å². The number of hydrogen-bond donors (Lipinski definition) is 0. The van der Waals surface area contributed by atoms with E-state index in [1.807, 2.05) is 0 Å². The van der Waals surface area contributed by atoms with Gasteiger partial charge in [-0.3, -0.25) is 24.0 Å². The molecule has 164 valence electrons. The second-order valence-corrected chi connectivity index (χ2v) is 6.27. The third kappa shape index (κ3) is 6.97. The van der Waals surface area contributed by atoms with Gasteiger partial charge < -0.3 is 28.4 Å². The van der Waals surface area contributed by atoms with Crippen LogP contribution in [0.1, 0.15) is 34.6 Å². The van der Waals surface area contributed by atoms with Gasteiger partial charge in [0, 0.05) is 34.6 Å². The monoisotopic (exact) mass is 422 g/mol. The Hall–Kier alpha value is -2.76. The summed E-state index contributed by atoms with van der Waals surface area (Å²) in [6.45, 7) is 3.66. The Morgan fingerprint density at radius 1 is 0.724 bits per heavy atom. The molecule has 1 rings (SSSR count). The SMILES string of the molecule is CC(=O)OCC1(COC(C)=O)O[C@H](F)[C@H](OC(C)=O)[C@@H](OC(C)=O)[C@H]1OC(C)=O. The number of halogens is 1. The maximum absolute atomic E-state index is 14.9. The summed E-state index contributed by atoms with van der Waals surface area (Å²) in [6.07, 6.45) is -7.54. The minimum absolute atomic E-state index is 0.724. The molecular weight excluding hydrogens is 399 g/mol. The lowest BCUT2D eigenvalue weighted by atomic mass is 9.87. The molecule has 0 aromatic heterocycles. The zero-order valence-electron chi connectivity index (χ0n) is 16.6. The Morgan fingerprint density at radius 3 is 1.52 bits per heavy atom. The fourth-order valence-corrected chi connectivity index (χ4v) is 2.69. The molecular formula is C17H23FO11. The molecule has 1 aliphatic rings. The van der Waals surface area contributed by atoms with Gasteiger partial charge in [-0.15, -0.1) is 0 Å². The van der Waals surface area contributed by atoms with Crippen molar-refractivity contribution in [1.82, 2.24) is 0 Å². The summed E-state index contributed by atoms with van der Waals surface area (Å²) >= 11 is 0. The minimum Gasteiger partial charge on any atom is -0.462 e. The molecule has 11 nitrogen and oxygen atoms in total. The van der Waals surface area contributed by atoms with Crippen LogP contribution < -0.4 is 0 Å². The van der Waals surface area contributed by atoms with Crippen molar-refractivity contribution in [3.05, 3.63) is 0 Å². The molecule has 4 atom stereocenters. The van der Waals surface area contributed by atoms with Crippen LogP contribution in [-0.2, 0) is 52.4 Å². The molecule has 0 radical (unpaired) electrons. The van der Waals surface area contributed by atoms with Gasteiger partial charge in [0.15, 0.2) is 23.9 Å². The van der Waals surface area contributed by atoms with E-state index in [9.17, 15) is 28.4 Å². The molecule has 0 amide bonds. The summed E-state index contributed by atoms with van der Waals surface area (Å²) in [7, 11) is 0. The fourth-order valence-electron chi connectivity index (χ4n) is 2.69. The molecule has 12 heteroatoms. The van der Waals surface area contributed by atoms with Crippen LogP contribution in [0.5, 0.6) is 0 Å². The lowest BCUT2D eigenvalue weighted by Gasteiger charge is -2.48. The lowest BCUT2D eigenvalue weighted by molar-refractivity contribution is -0.320. The molecule has 0 aliphatic carbocycles. The van der Waals surface area contributed by atoms with Crippen LogP contribution >= 0.6 is 0 Å². The van der Waals surface area contributed by atoms with E-state index in [1.165, 1.54) is 0 Å². The van der Waals surface area contributed by atoms with Gasteiger partial charge in [0.25, 0.3) is 0 Å². The minimum atomic E-state index is -2.40. The molecule has 0 saturated carbocycles. The lowest BCUT2D eigenvalue weighted by Crippen LogP contribution is -2.69. The van der Waals surface area contributed by atoms with Crippen LogP contribution in [0.15, 0.2) is 0 Å². The van der Waals surface area contributed by atoms with E-state index in [-0.39, 0.29) is 0 Å². The van der Waals surface area contributed by atoms with Crippen molar-refractivity contribution in [1.29, 1.82) is 0 Å². The highest BCUT2D eigenvalue weighted by Crippen LogP contribution is 2.37. The molecule has 1 saturated heterocycles. The number of ether oxygens (including phenoxy) is 6. The van der Waals surface area contributed by atoms with Gasteiger partial charge >= 0.3 is 29.8 Å². The number of hydrogen-bond acceptors (Lipinski definition) is 11. The first-order chi connectivity index (χ1) is 13.4. The second-order valence-electron chi connectivity index (χ2n) is 6.27. The molecule has 0 aromatic rings. The zero-order valence-corrected chi connectivity index (χ0v) is 16.6. The Bertz CT molecular complexity index is 644. The van der Waals surface area contributed by atoms with Gasteiger partial charge in [-0.05, 0) is 0 Å². The highest BCUT2D eigenvalue weighted by molar-refractivity contribution is 5.69. The quantitative estimate of drug-likeness (QED) is 0.403. The van der Waals surface area contributed by atoms with E-state index in [2.05, 4.69) is 0 Å². The van der Waals surface area contributed by atoms with E-state index < -0.39 is 73.3 Å². The maximum Gasteiger partial charge on any atom is 0.303 e.